The molecule has 3 rings (SSSR count). The van der Waals surface area contributed by atoms with Crippen molar-refractivity contribution in [3.8, 4) is 0 Å². The zero-order chi connectivity index (χ0) is 14.4. The molecule has 3 atom stereocenters. The van der Waals surface area contributed by atoms with E-state index in [1.165, 1.54) is 24.8 Å². The van der Waals surface area contributed by atoms with Crippen LogP contribution in [0.15, 0.2) is 18.2 Å². The molecule has 0 nitrogen and oxygen atoms in total. The predicted octanol–water partition coefficient (Wildman–Crippen LogP) is 6.42. The Balaban J connectivity index is 1.88. The van der Waals surface area contributed by atoms with Gasteiger partial charge in [-0.2, -0.15) is 0 Å². The first kappa shape index (κ1) is 14.6. The number of benzene rings is 1. The Labute approximate surface area is 132 Å². The van der Waals surface area contributed by atoms with E-state index in [4.69, 9.17) is 0 Å². The Morgan fingerprint density at radius 3 is 2.15 bits per heavy atom. The van der Waals surface area contributed by atoms with Crippen LogP contribution in [-0.2, 0) is 0 Å². The van der Waals surface area contributed by atoms with Crippen LogP contribution in [-0.4, -0.2) is 0 Å². The molecule has 1 aromatic carbocycles. The molecule has 2 fully saturated rings. The van der Waals surface area contributed by atoms with Crippen LogP contribution < -0.4 is 0 Å². The summed E-state index contributed by atoms with van der Waals surface area (Å²) < 4.78 is 0. The lowest BCUT2D eigenvalue weighted by Gasteiger charge is -2.21. The highest BCUT2D eigenvalue weighted by Gasteiger charge is 2.55. The van der Waals surface area contributed by atoms with Crippen molar-refractivity contribution >= 4 is 15.9 Å². The van der Waals surface area contributed by atoms with E-state index >= 15 is 0 Å². The molecule has 0 N–H and O–H groups in total. The molecular weight excluding hydrogens is 308 g/mol. The molecule has 2 aliphatic rings. The van der Waals surface area contributed by atoms with Gasteiger partial charge in [0.2, 0.25) is 0 Å². The Morgan fingerprint density at radius 2 is 1.60 bits per heavy atom. The number of hydrogen-bond donors (Lipinski definition) is 0. The van der Waals surface area contributed by atoms with E-state index in [0.717, 1.165) is 17.8 Å². The first-order chi connectivity index (χ1) is 9.50. The van der Waals surface area contributed by atoms with Gasteiger partial charge in [0.25, 0.3) is 0 Å². The van der Waals surface area contributed by atoms with Gasteiger partial charge in [0, 0.05) is 4.83 Å². The highest BCUT2D eigenvalue weighted by molar-refractivity contribution is 9.09. The smallest absolute Gasteiger partial charge is 0.0431 e. The van der Waals surface area contributed by atoms with Gasteiger partial charge in [-0.3, -0.25) is 0 Å². The van der Waals surface area contributed by atoms with Crippen LogP contribution >= 0.6 is 15.9 Å². The second-order valence-electron chi connectivity index (χ2n) is 7.44. The Morgan fingerprint density at radius 1 is 0.950 bits per heavy atom. The molecule has 0 saturated heterocycles. The standard InChI is InChI=1S/C19H27Br/c1-11(2)13-8-9-16(17(10-13)12(3)4)19(20)18-14-6-5-7-15(14)18/h8-12,14-15,18-19H,5-7H2,1-4H3. The van der Waals surface area contributed by atoms with Crippen LogP contribution in [0.4, 0.5) is 0 Å². The Kier molecular flexibility index (Phi) is 4.01. The van der Waals surface area contributed by atoms with Gasteiger partial charge in [0.05, 0.1) is 0 Å². The van der Waals surface area contributed by atoms with Gasteiger partial charge in [-0.1, -0.05) is 68.2 Å². The van der Waals surface area contributed by atoms with Gasteiger partial charge in [-0.25, -0.2) is 0 Å². The van der Waals surface area contributed by atoms with Crippen molar-refractivity contribution in [2.75, 3.05) is 0 Å². The molecule has 0 aliphatic heterocycles. The van der Waals surface area contributed by atoms with E-state index in [0.29, 0.717) is 16.7 Å². The average Bonchev–Trinajstić information content (AvgIpc) is 2.89. The van der Waals surface area contributed by atoms with Gasteiger partial charge in [0.15, 0.2) is 0 Å². The zero-order valence-corrected chi connectivity index (χ0v) is 14.8. The maximum atomic E-state index is 4.05. The third kappa shape index (κ3) is 2.47. The fourth-order valence-corrected chi connectivity index (χ4v) is 5.42. The molecule has 1 heteroatoms. The van der Waals surface area contributed by atoms with Crippen LogP contribution in [0, 0.1) is 17.8 Å². The summed E-state index contributed by atoms with van der Waals surface area (Å²) in [5.41, 5.74) is 4.60. The summed E-state index contributed by atoms with van der Waals surface area (Å²) in [4.78, 5) is 0.580. The third-order valence-electron chi connectivity index (χ3n) is 5.51. The minimum Gasteiger partial charge on any atom is -0.0835 e. The summed E-state index contributed by atoms with van der Waals surface area (Å²) in [7, 11) is 0. The number of halogens is 1. The summed E-state index contributed by atoms with van der Waals surface area (Å²) in [6.07, 6.45) is 4.41. The normalized spacial score (nSPS) is 29.9. The molecule has 0 amide bonds. The lowest BCUT2D eigenvalue weighted by atomic mass is 9.88. The molecule has 3 unspecified atom stereocenters. The molecule has 0 radical (unpaired) electrons. The zero-order valence-electron chi connectivity index (χ0n) is 13.2. The number of fused-ring (bicyclic) bond motifs is 1. The van der Waals surface area contributed by atoms with Crippen LogP contribution in [0.1, 0.15) is 80.3 Å². The Bertz CT molecular complexity index is 479. The average molecular weight is 335 g/mol. The predicted molar refractivity (Wildman–Crippen MR) is 90.6 cm³/mol. The van der Waals surface area contributed by atoms with Crippen molar-refractivity contribution in [2.24, 2.45) is 17.8 Å². The quantitative estimate of drug-likeness (QED) is 0.557. The maximum absolute atomic E-state index is 4.05. The molecule has 0 bridgehead atoms. The van der Waals surface area contributed by atoms with Crippen molar-refractivity contribution in [1.82, 2.24) is 0 Å². The van der Waals surface area contributed by atoms with E-state index in [1.54, 1.807) is 11.1 Å². The molecular formula is C19H27Br. The van der Waals surface area contributed by atoms with Crippen LogP contribution in [0.2, 0.25) is 0 Å². The van der Waals surface area contributed by atoms with E-state index < -0.39 is 0 Å². The molecule has 0 aromatic heterocycles. The first-order valence-corrected chi connectivity index (χ1v) is 9.20. The van der Waals surface area contributed by atoms with Crippen molar-refractivity contribution in [3.63, 3.8) is 0 Å². The van der Waals surface area contributed by atoms with Gasteiger partial charge >= 0.3 is 0 Å². The molecule has 0 spiro atoms. The summed E-state index contributed by atoms with van der Waals surface area (Å²) in [6.45, 7) is 9.23. The van der Waals surface area contributed by atoms with E-state index in [2.05, 4.69) is 61.8 Å². The highest BCUT2D eigenvalue weighted by Crippen LogP contribution is 2.64. The van der Waals surface area contributed by atoms with Crippen molar-refractivity contribution in [1.29, 1.82) is 0 Å². The highest BCUT2D eigenvalue weighted by atomic mass is 79.9. The van der Waals surface area contributed by atoms with Crippen LogP contribution in [0.25, 0.3) is 0 Å². The van der Waals surface area contributed by atoms with Crippen molar-refractivity contribution in [2.45, 2.75) is 63.6 Å². The van der Waals surface area contributed by atoms with Gasteiger partial charge in [-0.15, -0.1) is 0 Å². The topological polar surface area (TPSA) is 0 Å². The number of alkyl halides is 1. The molecule has 20 heavy (non-hydrogen) atoms. The van der Waals surface area contributed by atoms with Crippen molar-refractivity contribution < 1.29 is 0 Å². The number of hydrogen-bond acceptors (Lipinski definition) is 0. The number of rotatable bonds is 4. The molecule has 2 saturated carbocycles. The van der Waals surface area contributed by atoms with E-state index in [-0.39, 0.29) is 0 Å². The maximum Gasteiger partial charge on any atom is 0.0431 e. The summed E-state index contributed by atoms with van der Waals surface area (Å²) in [5.74, 6) is 4.18. The van der Waals surface area contributed by atoms with E-state index in [9.17, 15) is 0 Å². The van der Waals surface area contributed by atoms with Gasteiger partial charge < -0.3 is 0 Å². The molecule has 2 aliphatic carbocycles. The molecule has 110 valence electrons. The second kappa shape index (κ2) is 5.48. The third-order valence-corrected chi connectivity index (χ3v) is 6.61. The van der Waals surface area contributed by atoms with Gasteiger partial charge in [-0.05, 0) is 59.1 Å². The SMILES string of the molecule is CC(C)c1ccc(C(Br)C2C3CCCC32)c(C(C)C)c1. The summed E-state index contributed by atoms with van der Waals surface area (Å²) in [6, 6.07) is 7.20. The summed E-state index contributed by atoms with van der Waals surface area (Å²) in [5, 5.41) is 0. The lowest BCUT2D eigenvalue weighted by molar-refractivity contribution is 0.579. The molecule has 1 aromatic rings. The molecule has 0 heterocycles. The minimum absolute atomic E-state index is 0.580. The fourth-order valence-electron chi connectivity index (χ4n) is 4.22. The van der Waals surface area contributed by atoms with Gasteiger partial charge in [0.1, 0.15) is 0 Å². The monoisotopic (exact) mass is 334 g/mol. The lowest BCUT2D eigenvalue weighted by Crippen LogP contribution is -2.05. The van der Waals surface area contributed by atoms with Crippen LogP contribution in [0.5, 0.6) is 0 Å². The Hall–Kier alpha value is -0.300. The van der Waals surface area contributed by atoms with E-state index in [1.807, 2.05) is 0 Å². The minimum atomic E-state index is 0.580. The first-order valence-electron chi connectivity index (χ1n) is 8.28. The summed E-state index contributed by atoms with van der Waals surface area (Å²) >= 11 is 4.05. The van der Waals surface area contributed by atoms with Crippen LogP contribution in [0.3, 0.4) is 0 Å². The second-order valence-corrected chi connectivity index (χ2v) is 8.42. The fraction of sp³-hybridized carbons (Fsp3) is 0.684. The van der Waals surface area contributed by atoms with Crippen molar-refractivity contribution in [3.05, 3.63) is 34.9 Å². The largest absolute Gasteiger partial charge is 0.0835 e.